The molecule has 0 radical (unpaired) electrons. The van der Waals surface area contributed by atoms with Crippen molar-refractivity contribution in [3.05, 3.63) is 11.1 Å². The molecule has 0 spiro atoms. The van der Waals surface area contributed by atoms with Crippen molar-refractivity contribution >= 4 is 33.2 Å². The Balaban J connectivity index is 1.84. The molecule has 8 heteroatoms. The molecule has 0 aliphatic heterocycles. The molecule has 1 aliphatic rings. The van der Waals surface area contributed by atoms with Crippen LogP contribution < -0.4 is 15.5 Å². The highest BCUT2D eigenvalue weighted by molar-refractivity contribution is 7.85. The lowest BCUT2D eigenvalue weighted by Crippen LogP contribution is -2.46. The Bertz CT molecular complexity index is 573. The molecular weight excluding hydrogens is 342 g/mol. The molecule has 136 valence electrons. The van der Waals surface area contributed by atoms with Crippen LogP contribution in [0.15, 0.2) is 10.4 Å². The van der Waals surface area contributed by atoms with E-state index in [0.29, 0.717) is 17.8 Å². The van der Waals surface area contributed by atoms with Crippen molar-refractivity contribution in [2.45, 2.75) is 50.4 Å². The molecule has 1 fully saturated rings. The number of hydrogen-bond donors (Lipinski definition) is 2. The number of nitrogens with zero attached hydrogens (tertiary/aromatic N) is 3. The Morgan fingerprint density at radius 2 is 2.29 bits per heavy atom. The maximum Gasteiger partial charge on any atom is 0.191 e. The number of anilines is 1. The molecule has 1 saturated carbocycles. The zero-order chi connectivity index (χ0) is 17.5. The molecular formula is C16H29N5OS2. The molecule has 0 bridgehead atoms. The van der Waals surface area contributed by atoms with Gasteiger partial charge in [0.15, 0.2) is 11.1 Å². The predicted octanol–water partition coefficient (Wildman–Crippen LogP) is 1.95. The first kappa shape index (κ1) is 19.2. The summed E-state index contributed by atoms with van der Waals surface area (Å²) >= 11 is 1.64. The number of hydrogen-bond acceptors (Lipinski definition) is 5. The molecule has 0 saturated heterocycles. The van der Waals surface area contributed by atoms with Gasteiger partial charge >= 0.3 is 0 Å². The van der Waals surface area contributed by atoms with E-state index in [9.17, 15) is 4.21 Å². The van der Waals surface area contributed by atoms with Crippen LogP contribution in [0.4, 0.5) is 5.13 Å². The maximum atomic E-state index is 12.1. The van der Waals surface area contributed by atoms with Gasteiger partial charge in [0.05, 0.1) is 12.2 Å². The fourth-order valence-electron chi connectivity index (χ4n) is 2.90. The third-order valence-corrected chi connectivity index (χ3v) is 7.00. The van der Waals surface area contributed by atoms with Crippen LogP contribution in [0.1, 0.15) is 38.3 Å². The van der Waals surface area contributed by atoms with Crippen LogP contribution in [0.5, 0.6) is 0 Å². The van der Waals surface area contributed by atoms with Gasteiger partial charge in [0.1, 0.15) is 0 Å². The lowest BCUT2D eigenvalue weighted by molar-refractivity contribution is 0.413. The van der Waals surface area contributed by atoms with Crippen molar-refractivity contribution in [1.82, 2.24) is 15.6 Å². The molecule has 2 rings (SSSR count). The van der Waals surface area contributed by atoms with E-state index in [1.807, 2.05) is 25.9 Å². The minimum absolute atomic E-state index is 0.320. The van der Waals surface area contributed by atoms with Crippen molar-refractivity contribution in [3.63, 3.8) is 0 Å². The zero-order valence-corrected chi connectivity index (χ0v) is 16.7. The van der Waals surface area contributed by atoms with Gasteiger partial charge in [0, 0.05) is 54.4 Å². The Kier molecular flexibility index (Phi) is 7.48. The van der Waals surface area contributed by atoms with Crippen LogP contribution in [-0.4, -0.2) is 53.3 Å². The predicted molar refractivity (Wildman–Crippen MR) is 105 cm³/mol. The summed E-state index contributed by atoms with van der Waals surface area (Å²) in [5, 5.41) is 10.2. The summed E-state index contributed by atoms with van der Waals surface area (Å²) in [6, 6.07) is 0.346. The highest BCUT2D eigenvalue weighted by atomic mass is 32.2. The highest BCUT2D eigenvalue weighted by Gasteiger charge is 2.26. The Labute approximate surface area is 151 Å². The minimum atomic E-state index is -0.700. The summed E-state index contributed by atoms with van der Waals surface area (Å²) in [5.41, 5.74) is 1.01. The van der Waals surface area contributed by atoms with Crippen molar-refractivity contribution in [1.29, 1.82) is 0 Å². The van der Waals surface area contributed by atoms with Crippen LogP contribution in [0, 0.1) is 0 Å². The van der Waals surface area contributed by atoms with Gasteiger partial charge < -0.3 is 15.5 Å². The number of aliphatic imine (C=N–C) groups is 1. The summed E-state index contributed by atoms with van der Waals surface area (Å²) < 4.78 is 12.1. The first-order valence-corrected chi connectivity index (χ1v) is 10.8. The van der Waals surface area contributed by atoms with Crippen molar-refractivity contribution < 1.29 is 4.21 Å². The van der Waals surface area contributed by atoms with Gasteiger partial charge in [-0.05, 0) is 19.3 Å². The molecule has 24 heavy (non-hydrogen) atoms. The van der Waals surface area contributed by atoms with Crippen LogP contribution in [0.25, 0.3) is 0 Å². The number of thiazole rings is 1. The van der Waals surface area contributed by atoms with Crippen molar-refractivity contribution in [2.24, 2.45) is 4.99 Å². The first-order valence-electron chi connectivity index (χ1n) is 8.49. The van der Waals surface area contributed by atoms with Gasteiger partial charge in [-0.2, -0.15) is 0 Å². The smallest absolute Gasteiger partial charge is 0.191 e. The molecule has 1 aromatic heterocycles. The van der Waals surface area contributed by atoms with Crippen LogP contribution in [-0.2, 0) is 17.3 Å². The fourth-order valence-corrected chi connectivity index (χ4v) is 5.00. The van der Waals surface area contributed by atoms with E-state index in [4.69, 9.17) is 0 Å². The van der Waals surface area contributed by atoms with Crippen LogP contribution in [0.2, 0.25) is 0 Å². The highest BCUT2D eigenvalue weighted by Crippen LogP contribution is 2.23. The van der Waals surface area contributed by atoms with E-state index in [1.165, 1.54) is 0 Å². The molecule has 3 unspecified atom stereocenters. The van der Waals surface area contributed by atoms with Crippen LogP contribution >= 0.6 is 11.3 Å². The molecule has 1 aromatic rings. The van der Waals surface area contributed by atoms with E-state index < -0.39 is 10.8 Å². The maximum absolute atomic E-state index is 12.1. The van der Waals surface area contributed by atoms with Gasteiger partial charge in [0.2, 0.25) is 0 Å². The summed E-state index contributed by atoms with van der Waals surface area (Å²) in [7, 11) is 5.08. The summed E-state index contributed by atoms with van der Waals surface area (Å²) in [6.07, 6.45) is 4.28. The van der Waals surface area contributed by atoms with Gasteiger partial charge in [-0.15, -0.1) is 11.3 Å². The number of rotatable bonds is 6. The third kappa shape index (κ3) is 5.44. The monoisotopic (exact) mass is 371 g/mol. The van der Waals surface area contributed by atoms with E-state index in [-0.39, 0.29) is 0 Å². The quantitative estimate of drug-likeness (QED) is 0.591. The molecule has 1 heterocycles. The molecule has 0 aromatic carbocycles. The average molecular weight is 372 g/mol. The summed E-state index contributed by atoms with van der Waals surface area (Å²) in [6.45, 7) is 2.66. The number of guanidine groups is 1. The minimum Gasteiger partial charge on any atom is -0.354 e. The SMILES string of the molecule is CCS(=O)C1CCCC(NC(=NC)NCc2csc(N(C)C)n2)C1. The van der Waals surface area contributed by atoms with Gasteiger partial charge in [-0.3, -0.25) is 9.20 Å². The van der Waals surface area contributed by atoms with Gasteiger partial charge in [-0.1, -0.05) is 13.3 Å². The largest absolute Gasteiger partial charge is 0.354 e. The Morgan fingerprint density at radius 3 is 2.92 bits per heavy atom. The molecule has 6 nitrogen and oxygen atoms in total. The normalized spacial score (nSPS) is 22.9. The second-order valence-electron chi connectivity index (χ2n) is 6.24. The second kappa shape index (κ2) is 9.36. The van der Waals surface area contributed by atoms with E-state index in [2.05, 4.69) is 26.0 Å². The lowest BCUT2D eigenvalue weighted by Gasteiger charge is -2.30. The standard InChI is InChI=1S/C16H29N5OS2/c1-5-24(22)14-8-6-7-12(9-14)19-15(17-2)18-10-13-11-23-16(20-13)21(3)4/h11-12,14H,5-10H2,1-4H3,(H2,17,18,19). The van der Waals surface area contributed by atoms with Crippen molar-refractivity contribution in [2.75, 3.05) is 31.8 Å². The summed E-state index contributed by atoms with van der Waals surface area (Å²) in [5.74, 6) is 1.55. The first-order chi connectivity index (χ1) is 11.5. The Hall–Kier alpha value is -1.15. The number of aromatic nitrogens is 1. The lowest BCUT2D eigenvalue weighted by atomic mass is 9.95. The zero-order valence-electron chi connectivity index (χ0n) is 15.0. The number of nitrogens with one attached hydrogen (secondary N) is 2. The molecule has 2 N–H and O–H groups in total. The van der Waals surface area contributed by atoms with Gasteiger partial charge in [0.25, 0.3) is 0 Å². The van der Waals surface area contributed by atoms with E-state index in [0.717, 1.165) is 48.2 Å². The average Bonchev–Trinajstić information content (AvgIpc) is 3.07. The van der Waals surface area contributed by atoms with E-state index >= 15 is 0 Å². The fraction of sp³-hybridized carbons (Fsp3) is 0.750. The van der Waals surface area contributed by atoms with E-state index in [1.54, 1.807) is 18.4 Å². The Morgan fingerprint density at radius 1 is 1.50 bits per heavy atom. The third-order valence-electron chi connectivity index (χ3n) is 4.21. The molecule has 0 amide bonds. The summed E-state index contributed by atoms with van der Waals surface area (Å²) in [4.78, 5) is 10.9. The molecule has 1 aliphatic carbocycles. The second-order valence-corrected chi connectivity index (χ2v) is 9.08. The van der Waals surface area contributed by atoms with Crippen LogP contribution in [0.3, 0.4) is 0 Å². The topological polar surface area (TPSA) is 69.6 Å². The molecule has 3 atom stereocenters. The van der Waals surface area contributed by atoms with Crippen molar-refractivity contribution in [3.8, 4) is 0 Å². The van der Waals surface area contributed by atoms with Gasteiger partial charge in [-0.25, -0.2) is 4.98 Å².